The largest absolute Gasteiger partial charge is 0.478 e. The molecule has 2 N–H and O–H groups in total. The maximum atomic E-state index is 12.3. The zero-order chi connectivity index (χ0) is 17.4. The molecule has 24 heavy (non-hydrogen) atoms. The van der Waals surface area contributed by atoms with Crippen LogP contribution in [0.25, 0.3) is 0 Å². The van der Waals surface area contributed by atoms with Crippen molar-refractivity contribution in [2.75, 3.05) is 19.8 Å². The molecular formula is C17H19NO5S. The predicted octanol–water partition coefficient (Wildman–Crippen LogP) is 3.04. The van der Waals surface area contributed by atoms with Crippen molar-refractivity contribution < 1.29 is 23.8 Å². The second-order valence-electron chi connectivity index (χ2n) is 4.80. The third-order valence-corrected chi connectivity index (χ3v) is 4.28. The first kappa shape index (κ1) is 18.1. The van der Waals surface area contributed by atoms with Gasteiger partial charge in [-0.05, 0) is 25.1 Å². The molecule has 0 radical (unpaired) electrons. The standard InChI is InChI=1S/C17H19NO5S/c1-2-22-10-8-18-16(19)13-5-3-4-6-15(13)24-11-14-12(17(20)21)7-9-23-14/h3-7,9H,2,8,10-11H2,1H3,(H,18,19)(H,20,21). The molecule has 2 aromatic rings. The maximum Gasteiger partial charge on any atom is 0.339 e. The SMILES string of the molecule is CCOCCNC(=O)c1ccccc1SCc1occc1C(=O)O. The minimum atomic E-state index is -1.03. The number of carboxylic acid groups (broad SMARTS) is 1. The quantitative estimate of drug-likeness (QED) is 0.534. The van der Waals surface area contributed by atoms with Crippen LogP contribution in [-0.4, -0.2) is 36.7 Å². The minimum Gasteiger partial charge on any atom is -0.478 e. The van der Waals surface area contributed by atoms with Crippen LogP contribution in [0.2, 0.25) is 0 Å². The highest BCUT2D eigenvalue weighted by Crippen LogP contribution is 2.28. The second-order valence-corrected chi connectivity index (χ2v) is 5.82. The van der Waals surface area contributed by atoms with Crippen molar-refractivity contribution in [3.05, 3.63) is 53.5 Å². The number of amides is 1. The summed E-state index contributed by atoms with van der Waals surface area (Å²) in [5, 5.41) is 11.9. The second kappa shape index (κ2) is 9.14. The molecule has 0 saturated carbocycles. The summed E-state index contributed by atoms with van der Waals surface area (Å²) >= 11 is 1.36. The lowest BCUT2D eigenvalue weighted by atomic mass is 10.2. The van der Waals surface area contributed by atoms with E-state index < -0.39 is 5.97 Å². The number of hydrogen-bond donors (Lipinski definition) is 2. The molecule has 0 unspecified atom stereocenters. The smallest absolute Gasteiger partial charge is 0.339 e. The van der Waals surface area contributed by atoms with Crippen molar-refractivity contribution >= 4 is 23.6 Å². The number of hydrogen-bond acceptors (Lipinski definition) is 5. The van der Waals surface area contributed by atoms with Gasteiger partial charge in [-0.3, -0.25) is 4.79 Å². The van der Waals surface area contributed by atoms with Gasteiger partial charge in [-0.25, -0.2) is 4.79 Å². The number of carbonyl (C=O) groups excluding carboxylic acids is 1. The number of nitrogens with one attached hydrogen (secondary N) is 1. The van der Waals surface area contributed by atoms with Crippen molar-refractivity contribution in [2.45, 2.75) is 17.6 Å². The normalized spacial score (nSPS) is 10.5. The van der Waals surface area contributed by atoms with E-state index in [1.54, 1.807) is 12.1 Å². The summed E-state index contributed by atoms with van der Waals surface area (Å²) in [5.74, 6) is -0.506. The summed E-state index contributed by atoms with van der Waals surface area (Å²) in [6, 6.07) is 8.60. The first-order chi connectivity index (χ1) is 11.6. The molecule has 0 aliphatic rings. The van der Waals surface area contributed by atoms with Crippen LogP contribution < -0.4 is 5.32 Å². The lowest BCUT2D eigenvalue weighted by molar-refractivity contribution is 0.0694. The van der Waals surface area contributed by atoms with Gasteiger partial charge in [0.25, 0.3) is 5.91 Å². The van der Waals surface area contributed by atoms with Crippen LogP contribution in [0.5, 0.6) is 0 Å². The summed E-state index contributed by atoms with van der Waals surface area (Å²) in [7, 11) is 0. The molecule has 0 aliphatic heterocycles. The number of carbonyl (C=O) groups is 2. The third-order valence-electron chi connectivity index (χ3n) is 3.20. The lowest BCUT2D eigenvalue weighted by Crippen LogP contribution is -2.27. The molecule has 0 saturated heterocycles. The Bertz CT molecular complexity index is 698. The fourth-order valence-electron chi connectivity index (χ4n) is 2.04. The molecular weight excluding hydrogens is 330 g/mol. The molecule has 0 fully saturated rings. The van der Waals surface area contributed by atoms with Crippen LogP contribution in [-0.2, 0) is 10.5 Å². The Morgan fingerprint density at radius 1 is 1.25 bits per heavy atom. The summed E-state index contributed by atoms with van der Waals surface area (Å²) < 4.78 is 10.4. The van der Waals surface area contributed by atoms with Crippen molar-refractivity contribution in [2.24, 2.45) is 0 Å². The van der Waals surface area contributed by atoms with Crippen molar-refractivity contribution in [1.82, 2.24) is 5.32 Å². The van der Waals surface area contributed by atoms with Gasteiger partial charge in [-0.15, -0.1) is 11.8 Å². The van der Waals surface area contributed by atoms with E-state index in [1.165, 1.54) is 24.1 Å². The molecule has 1 aromatic heterocycles. The highest BCUT2D eigenvalue weighted by molar-refractivity contribution is 7.98. The van der Waals surface area contributed by atoms with E-state index in [4.69, 9.17) is 14.3 Å². The number of aromatic carboxylic acids is 1. The zero-order valence-electron chi connectivity index (χ0n) is 13.3. The summed E-state index contributed by atoms with van der Waals surface area (Å²) in [4.78, 5) is 24.1. The van der Waals surface area contributed by atoms with Crippen molar-refractivity contribution in [3.8, 4) is 0 Å². The molecule has 0 spiro atoms. The summed E-state index contributed by atoms with van der Waals surface area (Å²) in [6.07, 6.45) is 1.35. The van der Waals surface area contributed by atoms with Crippen molar-refractivity contribution in [1.29, 1.82) is 0 Å². The number of rotatable bonds is 9. The summed E-state index contributed by atoms with van der Waals surface area (Å²) in [6.45, 7) is 3.41. The molecule has 2 rings (SSSR count). The molecule has 128 valence electrons. The van der Waals surface area contributed by atoms with E-state index in [0.29, 0.717) is 36.8 Å². The van der Waals surface area contributed by atoms with Crippen LogP contribution in [0, 0.1) is 0 Å². The number of ether oxygens (including phenoxy) is 1. The van der Waals surface area contributed by atoms with E-state index in [0.717, 1.165) is 4.90 Å². The highest BCUT2D eigenvalue weighted by Gasteiger charge is 2.16. The number of carboxylic acids is 1. The van der Waals surface area contributed by atoms with Gasteiger partial charge in [0.2, 0.25) is 0 Å². The van der Waals surface area contributed by atoms with Gasteiger partial charge in [0.15, 0.2) is 0 Å². The fraction of sp³-hybridized carbons (Fsp3) is 0.294. The Morgan fingerprint density at radius 2 is 2.04 bits per heavy atom. The zero-order valence-corrected chi connectivity index (χ0v) is 14.1. The molecule has 0 aliphatic carbocycles. The van der Waals surface area contributed by atoms with Crippen molar-refractivity contribution in [3.63, 3.8) is 0 Å². The van der Waals surface area contributed by atoms with Gasteiger partial charge < -0.3 is 19.6 Å². The van der Waals surface area contributed by atoms with Gasteiger partial charge in [0, 0.05) is 18.0 Å². The van der Waals surface area contributed by atoms with Gasteiger partial charge >= 0.3 is 5.97 Å². The Morgan fingerprint density at radius 3 is 2.79 bits per heavy atom. The topological polar surface area (TPSA) is 88.8 Å². The first-order valence-electron chi connectivity index (χ1n) is 7.51. The molecule has 0 atom stereocenters. The third kappa shape index (κ3) is 4.87. The lowest BCUT2D eigenvalue weighted by Gasteiger charge is -2.09. The van der Waals surface area contributed by atoms with E-state index >= 15 is 0 Å². The summed E-state index contributed by atoms with van der Waals surface area (Å²) in [5.41, 5.74) is 0.684. The monoisotopic (exact) mass is 349 g/mol. The van der Waals surface area contributed by atoms with Gasteiger partial charge in [0.05, 0.1) is 24.2 Å². The van der Waals surface area contributed by atoms with Crippen LogP contribution in [0.1, 0.15) is 33.4 Å². The molecule has 1 amide bonds. The molecule has 1 aromatic carbocycles. The predicted molar refractivity (Wildman–Crippen MR) is 90.5 cm³/mol. The number of benzene rings is 1. The Labute approximate surface area is 144 Å². The van der Waals surface area contributed by atoms with Gasteiger partial charge in [-0.2, -0.15) is 0 Å². The number of thioether (sulfide) groups is 1. The molecule has 7 heteroatoms. The van der Waals surface area contributed by atoms with Gasteiger partial charge in [0.1, 0.15) is 11.3 Å². The molecule has 6 nitrogen and oxygen atoms in total. The van der Waals surface area contributed by atoms with Crippen LogP contribution in [0.15, 0.2) is 45.9 Å². The molecule has 1 heterocycles. The number of furan rings is 1. The van der Waals surface area contributed by atoms with E-state index in [2.05, 4.69) is 5.32 Å². The van der Waals surface area contributed by atoms with E-state index in [-0.39, 0.29) is 11.5 Å². The highest BCUT2D eigenvalue weighted by atomic mass is 32.2. The average molecular weight is 349 g/mol. The average Bonchev–Trinajstić information content (AvgIpc) is 3.06. The fourth-order valence-corrected chi connectivity index (χ4v) is 3.04. The van der Waals surface area contributed by atoms with E-state index in [9.17, 15) is 9.59 Å². The Hall–Kier alpha value is -2.25. The van der Waals surface area contributed by atoms with Crippen LogP contribution >= 0.6 is 11.8 Å². The van der Waals surface area contributed by atoms with Crippen LogP contribution in [0.4, 0.5) is 0 Å². The Kier molecular flexibility index (Phi) is 6.89. The van der Waals surface area contributed by atoms with E-state index in [1.807, 2.05) is 19.1 Å². The molecule has 0 bridgehead atoms. The first-order valence-corrected chi connectivity index (χ1v) is 8.49. The maximum absolute atomic E-state index is 12.3. The van der Waals surface area contributed by atoms with Crippen LogP contribution in [0.3, 0.4) is 0 Å². The Balaban J connectivity index is 2.02. The van der Waals surface area contributed by atoms with Gasteiger partial charge in [-0.1, -0.05) is 12.1 Å². The minimum absolute atomic E-state index is 0.140.